The van der Waals surface area contributed by atoms with Gasteiger partial charge in [0, 0.05) is 0 Å². The van der Waals surface area contributed by atoms with E-state index in [2.05, 4.69) is 0 Å². The van der Waals surface area contributed by atoms with Gasteiger partial charge < -0.3 is 16.2 Å². The molecular weight excluding hydrogens is 232 g/mol. The summed E-state index contributed by atoms with van der Waals surface area (Å²) in [6.45, 7) is -0.0693. The number of esters is 1. The molecule has 1 aromatic rings. The van der Waals surface area contributed by atoms with Crippen LogP contribution in [0.15, 0.2) is 18.2 Å². The highest BCUT2D eigenvalue weighted by atomic mass is 35.5. The summed E-state index contributed by atoms with van der Waals surface area (Å²) in [5, 5.41) is 0.282. The first-order valence-electron chi connectivity index (χ1n) is 4.51. The molecule has 4 N–H and O–H groups in total. The maximum atomic E-state index is 11.5. The molecule has 0 aromatic heterocycles. The van der Waals surface area contributed by atoms with Crippen LogP contribution in [-0.2, 0) is 9.53 Å². The maximum Gasteiger partial charge on any atom is 0.340 e. The topological polar surface area (TPSA) is 95.4 Å². The van der Waals surface area contributed by atoms with Crippen LogP contribution in [0.2, 0.25) is 5.02 Å². The van der Waals surface area contributed by atoms with Crippen molar-refractivity contribution in [3.8, 4) is 0 Å². The highest BCUT2D eigenvalue weighted by Crippen LogP contribution is 2.22. The predicted octanol–water partition coefficient (Wildman–Crippen LogP) is 0.954. The van der Waals surface area contributed by atoms with Gasteiger partial charge in [0.25, 0.3) is 0 Å². The fraction of sp³-hybridized carbons (Fsp3) is 0.200. The van der Waals surface area contributed by atoms with E-state index in [0.717, 1.165) is 0 Å². The smallest absolute Gasteiger partial charge is 0.340 e. The van der Waals surface area contributed by atoms with Crippen LogP contribution < -0.4 is 11.5 Å². The number of para-hydroxylation sites is 1. The molecule has 6 heteroatoms. The first-order valence-corrected chi connectivity index (χ1v) is 4.89. The van der Waals surface area contributed by atoms with Crippen molar-refractivity contribution in [2.75, 3.05) is 12.3 Å². The number of nitrogens with two attached hydrogens (primary N) is 2. The lowest BCUT2D eigenvalue weighted by atomic mass is 10.2. The number of anilines is 1. The molecule has 0 bridgehead atoms. The largest absolute Gasteiger partial charge is 0.461 e. The van der Waals surface area contributed by atoms with Crippen LogP contribution in [0.1, 0.15) is 16.8 Å². The summed E-state index contributed by atoms with van der Waals surface area (Å²) in [4.78, 5) is 21.9. The SMILES string of the molecule is NC(=O)CCOC(=O)c1cccc(Cl)c1N. The molecule has 16 heavy (non-hydrogen) atoms. The van der Waals surface area contributed by atoms with Crippen LogP contribution in [0.4, 0.5) is 5.69 Å². The number of halogens is 1. The average molecular weight is 243 g/mol. The number of nitrogen functional groups attached to an aromatic ring is 1. The molecule has 0 saturated heterocycles. The van der Waals surface area contributed by atoms with Gasteiger partial charge in [0.2, 0.25) is 5.91 Å². The van der Waals surface area contributed by atoms with E-state index in [1.165, 1.54) is 6.07 Å². The second-order valence-corrected chi connectivity index (χ2v) is 3.46. The summed E-state index contributed by atoms with van der Waals surface area (Å²) in [5.74, 6) is -1.16. The quantitative estimate of drug-likeness (QED) is 0.607. The molecule has 0 aliphatic carbocycles. The third-order valence-electron chi connectivity index (χ3n) is 1.85. The number of primary amides is 1. The van der Waals surface area contributed by atoms with E-state index in [4.69, 9.17) is 27.8 Å². The minimum absolute atomic E-state index is 0.0216. The summed E-state index contributed by atoms with van der Waals surface area (Å²) < 4.78 is 4.80. The Labute approximate surface area is 97.3 Å². The molecule has 0 aliphatic rings. The van der Waals surface area contributed by atoms with Gasteiger partial charge in [0.15, 0.2) is 0 Å². The van der Waals surface area contributed by atoms with Crippen molar-refractivity contribution in [1.82, 2.24) is 0 Å². The highest BCUT2D eigenvalue weighted by molar-refractivity contribution is 6.33. The monoisotopic (exact) mass is 242 g/mol. The summed E-state index contributed by atoms with van der Waals surface area (Å²) in [6.07, 6.45) is -0.0216. The molecule has 0 radical (unpaired) electrons. The van der Waals surface area contributed by atoms with Crippen molar-refractivity contribution in [2.45, 2.75) is 6.42 Å². The van der Waals surface area contributed by atoms with Gasteiger partial charge in [-0.25, -0.2) is 4.79 Å². The standard InChI is InChI=1S/C10H11ClN2O3/c11-7-3-1-2-6(9(7)13)10(15)16-5-4-8(12)14/h1-3H,4-5,13H2,(H2,12,14). The summed E-state index contributed by atoms with van der Waals surface area (Å²) in [5.41, 5.74) is 10.8. The van der Waals surface area contributed by atoms with Gasteiger partial charge in [0.05, 0.1) is 22.7 Å². The van der Waals surface area contributed by atoms with Crippen LogP contribution >= 0.6 is 11.6 Å². The molecule has 0 spiro atoms. The van der Waals surface area contributed by atoms with Gasteiger partial charge >= 0.3 is 5.97 Å². The zero-order valence-corrected chi connectivity index (χ0v) is 9.16. The second-order valence-electron chi connectivity index (χ2n) is 3.05. The maximum absolute atomic E-state index is 11.5. The molecule has 1 amide bonds. The van der Waals surface area contributed by atoms with Gasteiger partial charge in [0.1, 0.15) is 6.61 Å². The van der Waals surface area contributed by atoms with Crippen molar-refractivity contribution in [3.63, 3.8) is 0 Å². The van der Waals surface area contributed by atoms with E-state index in [0.29, 0.717) is 0 Å². The Morgan fingerprint density at radius 3 is 2.69 bits per heavy atom. The van der Waals surface area contributed by atoms with Crippen molar-refractivity contribution >= 4 is 29.2 Å². The highest BCUT2D eigenvalue weighted by Gasteiger charge is 2.13. The Balaban J connectivity index is 2.66. The van der Waals surface area contributed by atoms with Crippen LogP contribution in [-0.4, -0.2) is 18.5 Å². The fourth-order valence-electron chi connectivity index (χ4n) is 1.04. The molecule has 86 valence electrons. The summed E-state index contributed by atoms with van der Waals surface area (Å²) >= 11 is 5.74. The molecule has 0 atom stereocenters. The third-order valence-corrected chi connectivity index (χ3v) is 2.18. The lowest BCUT2D eigenvalue weighted by Crippen LogP contribution is -2.16. The molecule has 1 rings (SSSR count). The number of benzene rings is 1. The Kier molecular flexibility index (Phi) is 4.13. The summed E-state index contributed by atoms with van der Waals surface area (Å²) in [7, 11) is 0. The van der Waals surface area contributed by atoms with Crippen molar-refractivity contribution in [3.05, 3.63) is 28.8 Å². The number of amides is 1. The van der Waals surface area contributed by atoms with Crippen molar-refractivity contribution in [1.29, 1.82) is 0 Å². The van der Waals surface area contributed by atoms with Gasteiger partial charge in [-0.15, -0.1) is 0 Å². The van der Waals surface area contributed by atoms with E-state index in [-0.39, 0.29) is 29.3 Å². The minimum Gasteiger partial charge on any atom is -0.461 e. The van der Waals surface area contributed by atoms with E-state index in [9.17, 15) is 9.59 Å². The first kappa shape index (κ1) is 12.3. The second kappa shape index (κ2) is 5.37. The normalized spacial score (nSPS) is 9.81. The average Bonchev–Trinajstić information content (AvgIpc) is 2.21. The predicted molar refractivity (Wildman–Crippen MR) is 60.0 cm³/mol. The molecular formula is C10H11ClN2O3. The summed E-state index contributed by atoms with van der Waals surface area (Å²) in [6, 6.07) is 4.65. The zero-order valence-electron chi connectivity index (χ0n) is 8.40. The molecule has 0 unspecified atom stereocenters. The number of hydrogen-bond donors (Lipinski definition) is 2. The first-order chi connectivity index (χ1) is 7.52. The van der Waals surface area contributed by atoms with E-state index >= 15 is 0 Å². The van der Waals surface area contributed by atoms with Crippen molar-refractivity contribution in [2.24, 2.45) is 5.73 Å². The van der Waals surface area contributed by atoms with Crippen LogP contribution in [0.25, 0.3) is 0 Å². The molecule has 5 nitrogen and oxygen atoms in total. The van der Waals surface area contributed by atoms with Gasteiger partial charge in [-0.1, -0.05) is 17.7 Å². The lowest BCUT2D eigenvalue weighted by Gasteiger charge is -2.06. The third kappa shape index (κ3) is 3.13. The zero-order chi connectivity index (χ0) is 12.1. The molecule has 1 aromatic carbocycles. The van der Waals surface area contributed by atoms with Crippen LogP contribution in [0, 0.1) is 0 Å². The van der Waals surface area contributed by atoms with Gasteiger partial charge in [-0.05, 0) is 12.1 Å². The number of rotatable bonds is 4. The van der Waals surface area contributed by atoms with E-state index in [1.54, 1.807) is 12.1 Å². The molecule has 0 aliphatic heterocycles. The number of carbonyl (C=O) groups is 2. The Morgan fingerprint density at radius 2 is 2.06 bits per heavy atom. The van der Waals surface area contributed by atoms with Crippen LogP contribution in [0.5, 0.6) is 0 Å². The van der Waals surface area contributed by atoms with E-state index in [1.807, 2.05) is 0 Å². The van der Waals surface area contributed by atoms with Crippen molar-refractivity contribution < 1.29 is 14.3 Å². The number of carbonyl (C=O) groups excluding carboxylic acids is 2. The Hall–Kier alpha value is -1.75. The molecule has 0 heterocycles. The number of ether oxygens (including phenoxy) is 1. The lowest BCUT2D eigenvalue weighted by molar-refractivity contribution is -0.118. The Bertz CT molecular complexity index is 421. The Morgan fingerprint density at radius 1 is 1.38 bits per heavy atom. The fourth-order valence-corrected chi connectivity index (χ4v) is 1.21. The minimum atomic E-state index is -0.624. The molecule has 0 saturated carbocycles. The van der Waals surface area contributed by atoms with E-state index < -0.39 is 11.9 Å². The number of hydrogen-bond acceptors (Lipinski definition) is 4. The van der Waals surface area contributed by atoms with Gasteiger partial charge in [-0.2, -0.15) is 0 Å². The van der Waals surface area contributed by atoms with Crippen LogP contribution in [0.3, 0.4) is 0 Å². The van der Waals surface area contributed by atoms with Gasteiger partial charge in [-0.3, -0.25) is 4.79 Å². The molecule has 0 fully saturated rings.